The van der Waals surface area contributed by atoms with Gasteiger partial charge in [0, 0.05) is 13.0 Å². The van der Waals surface area contributed by atoms with Gasteiger partial charge in [-0.3, -0.25) is 0 Å². The first-order chi connectivity index (χ1) is 13.9. The molecule has 2 heteroatoms. The maximum absolute atomic E-state index is 8.63. The number of rotatable bonds is 2. The molecule has 0 atom stereocenters. The van der Waals surface area contributed by atoms with Crippen LogP contribution in [0.1, 0.15) is 61.8 Å². The van der Waals surface area contributed by atoms with Crippen molar-refractivity contribution in [3.63, 3.8) is 0 Å². The summed E-state index contributed by atoms with van der Waals surface area (Å²) < 4.78 is 10.8. The molecule has 0 aliphatic heterocycles. The van der Waals surface area contributed by atoms with E-state index in [2.05, 4.69) is 42.4 Å². The van der Waals surface area contributed by atoms with E-state index in [1.807, 2.05) is 25.1 Å². The Morgan fingerprint density at radius 2 is 1.82 bits per heavy atom. The highest BCUT2D eigenvalue weighted by Gasteiger charge is 2.23. The first-order valence-corrected chi connectivity index (χ1v) is 10.3. The molecule has 1 aliphatic carbocycles. The summed E-state index contributed by atoms with van der Waals surface area (Å²) in [5.74, 6) is 0.656. The van der Waals surface area contributed by atoms with Gasteiger partial charge in [0.1, 0.15) is 7.05 Å². The van der Waals surface area contributed by atoms with Crippen LogP contribution in [-0.2, 0) is 7.05 Å². The zero-order valence-corrected chi connectivity index (χ0v) is 17.4. The minimum absolute atomic E-state index is 0.509. The van der Waals surface area contributed by atoms with Crippen molar-refractivity contribution in [1.82, 2.24) is 0 Å². The number of aryl methyl sites for hydroxylation is 1. The van der Waals surface area contributed by atoms with E-state index in [-0.39, 0.29) is 0 Å². The average molecular weight is 371 g/mol. The van der Waals surface area contributed by atoms with Gasteiger partial charge in [0.15, 0.2) is 11.4 Å². The molecule has 142 valence electrons. The molecule has 0 radical (unpaired) electrons. The van der Waals surface area contributed by atoms with E-state index in [1.54, 1.807) is 0 Å². The summed E-state index contributed by atoms with van der Waals surface area (Å²) in [5, 5.41) is 1.92. The Morgan fingerprint density at radius 3 is 2.54 bits per heavy atom. The molecule has 1 saturated carbocycles. The molecule has 4 rings (SSSR count). The third-order valence-electron chi connectivity index (χ3n) is 6.56. The monoisotopic (exact) mass is 370 g/mol. The lowest BCUT2D eigenvalue weighted by Gasteiger charge is -2.24. The van der Waals surface area contributed by atoms with Crippen molar-refractivity contribution in [1.29, 1.82) is 0 Å². The molecular formula is C26H29N2+. The topological polar surface area (TPSA) is 8.24 Å². The van der Waals surface area contributed by atoms with E-state index in [0.717, 1.165) is 22.2 Å². The summed E-state index contributed by atoms with van der Waals surface area (Å²) in [6, 6.07) is 11.1. The van der Waals surface area contributed by atoms with Gasteiger partial charge >= 0.3 is 0 Å². The first-order valence-electron chi connectivity index (χ1n) is 10.8. The van der Waals surface area contributed by atoms with E-state index in [9.17, 15) is 0 Å². The number of fused-ring (bicyclic) bond motifs is 1. The van der Waals surface area contributed by atoms with Gasteiger partial charge < -0.3 is 0 Å². The molecule has 3 aromatic rings. The van der Waals surface area contributed by atoms with Crippen molar-refractivity contribution in [2.75, 3.05) is 0 Å². The van der Waals surface area contributed by atoms with Crippen molar-refractivity contribution < 1.29 is 5.94 Å². The first kappa shape index (κ1) is 17.4. The van der Waals surface area contributed by atoms with E-state index >= 15 is 0 Å². The van der Waals surface area contributed by atoms with Gasteiger partial charge in [-0.25, -0.2) is 4.85 Å². The van der Waals surface area contributed by atoms with Crippen LogP contribution in [-0.4, -0.2) is 0 Å². The fourth-order valence-electron chi connectivity index (χ4n) is 4.67. The summed E-state index contributed by atoms with van der Waals surface area (Å²) >= 11 is 0. The van der Waals surface area contributed by atoms with Gasteiger partial charge in [-0.1, -0.05) is 37.5 Å². The lowest BCUT2D eigenvalue weighted by molar-refractivity contribution is -0.665. The molecule has 28 heavy (non-hydrogen) atoms. The molecule has 1 heterocycles. The number of hydrogen-bond donors (Lipinski definition) is 0. The van der Waals surface area contributed by atoms with Gasteiger partial charge in [0.05, 0.1) is 18.9 Å². The second kappa shape index (κ2) is 7.40. The van der Waals surface area contributed by atoms with Gasteiger partial charge in [0.25, 0.3) is 0 Å². The Kier molecular flexibility index (Phi) is 4.61. The molecular weight excluding hydrogens is 340 g/mol. The lowest BCUT2D eigenvalue weighted by atomic mass is 9.81. The quantitative estimate of drug-likeness (QED) is 0.344. The van der Waals surface area contributed by atoms with Crippen LogP contribution in [0.15, 0.2) is 36.4 Å². The normalized spacial score (nSPS) is 15.5. The SMILES string of the molecule is [2H]c1c(C)[n+](C)c(-c2cc(C3CCCCC3)cc(C)c2C)c2ccc([N+]#[C-])cc12. The maximum atomic E-state index is 8.63. The molecule has 2 aromatic carbocycles. The van der Waals surface area contributed by atoms with Crippen LogP contribution < -0.4 is 4.57 Å². The molecule has 0 amide bonds. The van der Waals surface area contributed by atoms with E-state index < -0.39 is 0 Å². The van der Waals surface area contributed by atoms with Crippen LogP contribution in [0.3, 0.4) is 0 Å². The van der Waals surface area contributed by atoms with Crippen LogP contribution in [0.4, 0.5) is 5.69 Å². The number of nitrogens with zero attached hydrogens (tertiary/aromatic N) is 2. The predicted octanol–water partition coefficient (Wildman–Crippen LogP) is 6.86. The molecule has 2 nitrogen and oxygen atoms in total. The summed E-state index contributed by atoms with van der Waals surface area (Å²) in [5.41, 5.74) is 8.03. The van der Waals surface area contributed by atoms with Crippen LogP contribution in [0.2, 0.25) is 0 Å². The minimum Gasteiger partial charge on any atom is -0.238 e. The predicted molar refractivity (Wildman–Crippen MR) is 117 cm³/mol. The standard InChI is InChI=1S/C26H29N2/c1-17-13-21(20-9-7-6-8-10-20)16-25(19(17)3)26-24-12-11-23(27-4)15-22(24)14-18(2)28(26)5/h11-16,20H,6-10H2,1-3,5H3/q+1/i14D. The summed E-state index contributed by atoms with van der Waals surface area (Å²) in [4.78, 5) is 3.58. The number of pyridine rings is 1. The second-order valence-electron chi connectivity index (χ2n) is 8.31. The largest absolute Gasteiger partial charge is 0.238 e. The van der Waals surface area contributed by atoms with Crippen molar-refractivity contribution >= 4 is 16.5 Å². The van der Waals surface area contributed by atoms with Crippen molar-refractivity contribution in [3.05, 3.63) is 70.2 Å². The van der Waals surface area contributed by atoms with Crippen LogP contribution in [0.5, 0.6) is 0 Å². The van der Waals surface area contributed by atoms with Crippen LogP contribution >= 0.6 is 0 Å². The Morgan fingerprint density at radius 1 is 1.07 bits per heavy atom. The van der Waals surface area contributed by atoms with Gasteiger partial charge in [-0.2, -0.15) is 4.57 Å². The lowest BCUT2D eigenvalue weighted by Crippen LogP contribution is -2.35. The van der Waals surface area contributed by atoms with E-state index in [0.29, 0.717) is 17.6 Å². The second-order valence-corrected chi connectivity index (χ2v) is 8.31. The molecule has 0 spiro atoms. The number of hydrogen-bond acceptors (Lipinski definition) is 0. The molecule has 0 bridgehead atoms. The Labute approximate surface area is 170 Å². The molecule has 0 N–H and O–H groups in total. The third-order valence-corrected chi connectivity index (χ3v) is 6.56. The van der Waals surface area contributed by atoms with Gasteiger partial charge in [-0.05, 0) is 66.8 Å². The third kappa shape index (κ3) is 3.20. The molecule has 0 saturated heterocycles. The van der Waals surface area contributed by atoms with Gasteiger partial charge in [-0.15, -0.1) is 0 Å². The van der Waals surface area contributed by atoms with Gasteiger partial charge in [0.2, 0.25) is 5.69 Å². The minimum atomic E-state index is 0.509. The fourth-order valence-corrected chi connectivity index (χ4v) is 4.67. The molecule has 0 unspecified atom stereocenters. The van der Waals surface area contributed by atoms with Crippen LogP contribution in [0, 0.1) is 27.3 Å². The van der Waals surface area contributed by atoms with E-state index in [4.69, 9.17) is 7.94 Å². The highest BCUT2D eigenvalue weighted by Crippen LogP contribution is 2.38. The zero-order chi connectivity index (χ0) is 20.7. The smallest absolute Gasteiger partial charge is 0.220 e. The summed E-state index contributed by atoms with van der Waals surface area (Å²) in [7, 11) is 2.06. The highest BCUT2D eigenvalue weighted by atomic mass is 14.9. The Balaban J connectivity index is 2.02. The number of benzene rings is 2. The highest BCUT2D eigenvalue weighted by molar-refractivity contribution is 5.96. The van der Waals surface area contributed by atoms with Crippen molar-refractivity contribution in [2.24, 2.45) is 7.05 Å². The van der Waals surface area contributed by atoms with E-state index in [1.165, 1.54) is 54.4 Å². The molecule has 1 fully saturated rings. The Hall–Kier alpha value is -2.66. The summed E-state index contributed by atoms with van der Waals surface area (Å²) in [6.07, 6.45) is 6.59. The molecule has 1 aromatic heterocycles. The number of aromatic nitrogens is 1. The average Bonchev–Trinajstić information content (AvgIpc) is 2.75. The van der Waals surface area contributed by atoms with Crippen molar-refractivity contribution in [2.45, 2.75) is 58.8 Å². The summed E-state index contributed by atoms with van der Waals surface area (Å²) in [6.45, 7) is 13.8. The van der Waals surface area contributed by atoms with Crippen molar-refractivity contribution in [3.8, 4) is 11.3 Å². The molecule has 1 aliphatic rings. The Bertz CT molecular complexity index is 1150. The maximum Gasteiger partial charge on any atom is 0.220 e. The fraction of sp³-hybridized carbons (Fsp3) is 0.385. The van der Waals surface area contributed by atoms with Crippen LogP contribution in [0.25, 0.3) is 26.9 Å². The zero-order valence-electron chi connectivity index (χ0n) is 18.4.